The summed E-state index contributed by atoms with van der Waals surface area (Å²) in [6.45, 7) is 3.00. The van der Waals surface area contributed by atoms with E-state index in [1.165, 1.54) is 6.08 Å². The molecule has 1 amide bonds. The fraction of sp³-hybridized carbons (Fsp3) is 0.185. The number of carbonyl (C=O) groups excluding carboxylic acids is 1. The Hall–Kier alpha value is -4.15. The van der Waals surface area contributed by atoms with Crippen LogP contribution in [0.5, 0.6) is 23.0 Å². The van der Waals surface area contributed by atoms with Gasteiger partial charge < -0.3 is 24.3 Å². The maximum Gasteiger partial charge on any atom is 0.262 e. The lowest BCUT2D eigenvalue weighted by Gasteiger charge is -2.13. The quantitative estimate of drug-likeness (QED) is 0.324. The average molecular weight is 491 g/mol. The molecule has 1 aliphatic heterocycles. The van der Waals surface area contributed by atoms with Crippen molar-refractivity contribution in [2.45, 2.75) is 20.1 Å². The summed E-state index contributed by atoms with van der Waals surface area (Å²) < 4.78 is 22.3. The SMILES string of the molecule is CCOc1cc(/C=C(\C#N)C(=O)NCc2ccc3c(c2)OCO3)ccc1OCc1ccccc1Cl. The maximum absolute atomic E-state index is 12.6. The summed E-state index contributed by atoms with van der Waals surface area (Å²) in [5.74, 6) is 1.86. The Morgan fingerprint density at radius 1 is 1.09 bits per heavy atom. The number of benzene rings is 3. The van der Waals surface area contributed by atoms with E-state index in [1.54, 1.807) is 36.4 Å². The molecule has 7 nitrogen and oxygen atoms in total. The first-order chi connectivity index (χ1) is 17.1. The van der Waals surface area contributed by atoms with Gasteiger partial charge in [0.1, 0.15) is 18.2 Å². The fourth-order valence-corrected chi connectivity index (χ4v) is 3.61. The Morgan fingerprint density at radius 3 is 2.71 bits per heavy atom. The van der Waals surface area contributed by atoms with Crippen LogP contribution < -0.4 is 24.3 Å². The van der Waals surface area contributed by atoms with Gasteiger partial charge in [0, 0.05) is 17.1 Å². The molecule has 35 heavy (non-hydrogen) atoms. The lowest BCUT2D eigenvalue weighted by atomic mass is 10.1. The molecule has 4 rings (SSSR count). The molecule has 0 saturated heterocycles. The van der Waals surface area contributed by atoms with E-state index in [-0.39, 0.29) is 25.5 Å². The largest absolute Gasteiger partial charge is 0.490 e. The van der Waals surface area contributed by atoms with Crippen LogP contribution in [0.25, 0.3) is 6.08 Å². The molecule has 0 bridgehead atoms. The second-order valence-electron chi connectivity index (χ2n) is 7.56. The number of rotatable bonds is 9. The molecule has 0 fully saturated rings. The van der Waals surface area contributed by atoms with Crippen LogP contribution >= 0.6 is 11.6 Å². The normalized spacial score (nSPS) is 12.1. The molecule has 1 heterocycles. The standard InChI is InChI=1S/C27H23ClN2O5/c1-2-32-25-12-18(7-9-23(25)33-16-20-5-3-4-6-22(20)28)11-21(14-29)27(31)30-15-19-8-10-24-26(13-19)35-17-34-24/h3-13H,2,15-17H2,1H3,(H,30,31)/b21-11+. The Kier molecular flexibility index (Phi) is 7.76. The van der Waals surface area contributed by atoms with Gasteiger partial charge in [0.15, 0.2) is 23.0 Å². The zero-order valence-corrected chi connectivity index (χ0v) is 19.8. The third-order valence-corrected chi connectivity index (χ3v) is 5.54. The van der Waals surface area contributed by atoms with Crippen LogP contribution in [0, 0.1) is 11.3 Å². The first-order valence-corrected chi connectivity index (χ1v) is 11.4. The van der Waals surface area contributed by atoms with Crippen LogP contribution in [0.3, 0.4) is 0 Å². The molecule has 0 radical (unpaired) electrons. The summed E-state index contributed by atoms with van der Waals surface area (Å²) in [6, 6.07) is 20.1. The van der Waals surface area contributed by atoms with Crippen LogP contribution in [0.2, 0.25) is 5.02 Å². The highest BCUT2D eigenvalue weighted by Gasteiger charge is 2.15. The van der Waals surface area contributed by atoms with Gasteiger partial charge in [-0.1, -0.05) is 41.9 Å². The number of nitrogens with one attached hydrogen (secondary N) is 1. The van der Waals surface area contributed by atoms with Crippen LogP contribution in [-0.4, -0.2) is 19.3 Å². The van der Waals surface area contributed by atoms with E-state index in [0.717, 1.165) is 11.1 Å². The number of ether oxygens (including phenoxy) is 4. The molecule has 0 aromatic heterocycles. The highest BCUT2D eigenvalue weighted by molar-refractivity contribution is 6.31. The number of hydrogen-bond acceptors (Lipinski definition) is 6. The molecule has 0 spiro atoms. The summed E-state index contributed by atoms with van der Waals surface area (Å²) in [5.41, 5.74) is 2.29. The van der Waals surface area contributed by atoms with Crippen molar-refractivity contribution in [1.29, 1.82) is 5.26 Å². The van der Waals surface area contributed by atoms with E-state index in [1.807, 2.05) is 37.3 Å². The van der Waals surface area contributed by atoms with E-state index < -0.39 is 5.91 Å². The van der Waals surface area contributed by atoms with Gasteiger partial charge in [0.25, 0.3) is 5.91 Å². The van der Waals surface area contributed by atoms with Gasteiger partial charge in [-0.3, -0.25) is 4.79 Å². The van der Waals surface area contributed by atoms with Gasteiger partial charge in [-0.2, -0.15) is 5.26 Å². The van der Waals surface area contributed by atoms with Crippen molar-refractivity contribution in [3.63, 3.8) is 0 Å². The molecule has 0 atom stereocenters. The van der Waals surface area contributed by atoms with E-state index >= 15 is 0 Å². The van der Waals surface area contributed by atoms with Crippen molar-refractivity contribution < 1.29 is 23.7 Å². The number of nitrogens with zero attached hydrogens (tertiary/aromatic N) is 1. The molecule has 3 aromatic carbocycles. The van der Waals surface area contributed by atoms with Gasteiger partial charge in [-0.15, -0.1) is 0 Å². The van der Waals surface area contributed by atoms with Gasteiger partial charge in [0.05, 0.1) is 6.61 Å². The Morgan fingerprint density at radius 2 is 1.91 bits per heavy atom. The number of halogens is 1. The zero-order chi connectivity index (χ0) is 24.6. The van der Waals surface area contributed by atoms with Crippen molar-refractivity contribution in [3.8, 4) is 29.1 Å². The second kappa shape index (κ2) is 11.3. The van der Waals surface area contributed by atoms with Crippen molar-refractivity contribution >= 4 is 23.6 Å². The van der Waals surface area contributed by atoms with E-state index in [9.17, 15) is 10.1 Å². The molecule has 1 aliphatic rings. The topological polar surface area (TPSA) is 89.8 Å². The Balaban J connectivity index is 1.45. The molecule has 1 N–H and O–H groups in total. The second-order valence-corrected chi connectivity index (χ2v) is 7.97. The van der Waals surface area contributed by atoms with Crippen LogP contribution in [0.1, 0.15) is 23.6 Å². The fourth-order valence-electron chi connectivity index (χ4n) is 3.42. The van der Waals surface area contributed by atoms with Crippen LogP contribution in [0.15, 0.2) is 66.2 Å². The first-order valence-electron chi connectivity index (χ1n) is 11.0. The monoisotopic (exact) mass is 490 g/mol. The Bertz CT molecular complexity index is 1300. The number of amides is 1. The highest BCUT2D eigenvalue weighted by Crippen LogP contribution is 2.33. The molecule has 0 aliphatic carbocycles. The minimum Gasteiger partial charge on any atom is -0.490 e. The summed E-state index contributed by atoms with van der Waals surface area (Å²) in [4.78, 5) is 12.6. The highest BCUT2D eigenvalue weighted by atomic mass is 35.5. The number of nitriles is 1. The predicted molar refractivity (Wildman–Crippen MR) is 131 cm³/mol. The summed E-state index contributed by atoms with van der Waals surface area (Å²) in [5, 5.41) is 12.9. The zero-order valence-electron chi connectivity index (χ0n) is 19.0. The minimum absolute atomic E-state index is 0.0297. The van der Waals surface area contributed by atoms with Gasteiger partial charge in [-0.25, -0.2) is 0 Å². The van der Waals surface area contributed by atoms with Crippen molar-refractivity contribution in [2.75, 3.05) is 13.4 Å². The maximum atomic E-state index is 12.6. The lowest BCUT2D eigenvalue weighted by molar-refractivity contribution is -0.117. The molecule has 0 unspecified atom stereocenters. The van der Waals surface area contributed by atoms with E-state index in [0.29, 0.717) is 40.2 Å². The third-order valence-electron chi connectivity index (χ3n) is 5.17. The van der Waals surface area contributed by atoms with Crippen LogP contribution in [0.4, 0.5) is 0 Å². The summed E-state index contributed by atoms with van der Waals surface area (Å²) in [7, 11) is 0. The smallest absolute Gasteiger partial charge is 0.262 e. The first kappa shape index (κ1) is 24.0. The molecule has 3 aromatic rings. The summed E-state index contributed by atoms with van der Waals surface area (Å²) >= 11 is 6.21. The van der Waals surface area contributed by atoms with Crippen molar-refractivity contribution in [2.24, 2.45) is 0 Å². The Labute approximate surface area is 208 Å². The van der Waals surface area contributed by atoms with E-state index in [2.05, 4.69) is 5.32 Å². The van der Waals surface area contributed by atoms with Crippen molar-refractivity contribution in [3.05, 3.63) is 87.9 Å². The third kappa shape index (κ3) is 6.05. The predicted octanol–water partition coefficient (Wildman–Crippen LogP) is 5.27. The number of carbonyl (C=O) groups is 1. The molecule has 8 heteroatoms. The van der Waals surface area contributed by atoms with E-state index in [4.69, 9.17) is 30.5 Å². The molecule has 0 saturated carbocycles. The number of fused-ring (bicyclic) bond motifs is 1. The molecule has 178 valence electrons. The summed E-state index contributed by atoms with van der Waals surface area (Å²) in [6.07, 6.45) is 1.51. The lowest BCUT2D eigenvalue weighted by Crippen LogP contribution is -2.23. The average Bonchev–Trinajstić information content (AvgIpc) is 3.34. The van der Waals surface area contributed by atoms with Gasteiger partial charge in [-0.05, 0) is 54.5 Å². The number of hydrogen-bond donors (Lipinski definition) is 1. The van der Waals surface area contributed by atoms with Gasteiger partial charge in [0.2, 0.25) is 6.79 Å². The van der Waals surface area contributed by atoms with Gasteiger partial charge >= 0.3 is 0 Å². The van der Waals surface area contributed by atoms with Crippen molar-refractivity contribution in [1.82, 2.24) is 5.32 Å². The molecular formula is C27H23ClN2O5. The molecular weight excluding hydrogens is 468 g/mol. The minimum atomic E-state index is -0.484. The van der Waals surface area contributed by atoms with Crippen LogP contribution in [-0.2, 0) is 17.9 Å².